The molecule has 1 heterocycles. The van der Waals surface area contributed by atoms with Crippen molar-refractivity contribution in [3.8, 4) is 5.75 Å². The van der Waals surface area contributed by atoms with Gasteiger partial charge >= 0.3 is 5.97 Å². The third-order valence-corrected chi connectivity index (χ3v) is 2.99. The first-order valence-electron chi connectivity index (χ1n) is 5.95. The number of rotatable bonds is 4. The monoisotopic (exact) mass is 265 g/mol. The largest absolute Gasteiger partial charge is 0.480 e. The number of carboxylic acid groups (broad SMARTS) is 1. The molecule has 1 aliphatic rings. The minimum absolute atomic E-state index is 0.397. The topological polar surface area (TPSA) is 95.9 Å². The number of carbonyl (C=O) groups is 2. The van der Waals surface area contributed by atoms with Gasteiger partial charge in [-0.3, -0.25) is 4.79 Å². The summed E-state index contributed by atoms with van der Waals surface area (Å²) < 4.78 is 5.44. The molecule has 0 fully saturated rings. The second kappa shape index (κ2) is 5.27. The Hall–Kier alpha value is -2.08. The lowest BCUT2D eigenvalue weighted by atomic mass is 10.1. The molecule has 1 amide bonds. The number of amides is 1. The first-order valence-corrected chi connectivity index (χ1v) is 5.95. The molecule has 6 heteroatoms. The van der Waals surface area contributed by atoms with Crippen LogP contribution in [0.5, 0.6) is 5.75 Å². The first-order chi connectivity index (χ1) is 8.99. The van der Waals surface area contributed by atoms with Crippen LogP contribution in [0.3, 0.4) is 0 Å². The van der Waals surface area contributed by atoms with Crippen LogP contribution in [-0.2, 0) is 16.0 Å². The third-order valence-electron chi connectivity index (χ3n) is 2.99. The van der Waals surface area contributed by atoms with Crippen molar-refractivity contribution in [1.29, 1.82) is 0 Å². The summed E-state index contributed by atoms with van der Waals surface area (Å²) in [5.74, 6) is -1.19. The smallest absolute Gasteiger partial charge is 0.328 e. The molecule has 0 saturated heterocycles. The predicted molar refractivity (Wildman–Crippen MR) is 65.8 cm³/mol. The van der Waals surface area contributed by atoms with E-state index >= 15 is 0 Å². The van der Waals surface area contributed by atoms with Gasteiger partial charge in [-0.05, 0) is 18.6 Å². The molecule has 1 aliphatic heterocycles. The normalized spacial score (nSPS) is 20.0. The van der Waals surface area contributed by atoms with Crippen LogP contribution >= 0.6 is 0 Å². The number of aliphatic hydroxyl groups excluding tert-OH is 1. The highest BCUT2D eigenvalue weighted by Crippen LogP contribution is 2.28. The number of hydrogen-bond acceptors (Lipinski definition) is 4. The first kappa shape index (κ1) is 13.4. The van der Waals surface area contributed by atoms with Crippen LogP contribution in [-0.4, -0.2) is 40.3 Å². The van der Waals surface area contributed by atoms with E-state index in [1.54, 1.807) is 12.1 Å². The number of aliphatic carboxylic acids is 1. The van der Waals surface area contributed by atoms with Crippen molar-refractivity contribution in [2.45, 2.75) is 31.6 Å². The van der Waals surface area contributed by atoms with Gasteiger partial charge in [0.25, 0.3) is 5.91 Å². The van der Waals surface area contributed by atoms with Crippen LogP contribution in [0.4, 0.5) is 0 Å². The molecular formula is C13H15NO5. The number of nitrogens with one attached hydrogen (secondary N) is 1. The summed E-state index contributed by atoms with van der Waals surface area (Å²) in [5, 5.41) is 20.5. The van der Waals surface area contributed by atoms with E-state index in [1.807, 2.05) is 12.1 Å². The fourth-order valence-electron chi connectivity index (χ4n) is 1.96. The Labute approximate surface area is 110 Å². The Morgan fingerprint density at radius 3 is 2.68 bits per heavy atom. The molecule has 6 nitrogen and oxygen atoms in total. The van der Waals surface area contributed by atoms with Crippen LogP contribution < -0.4 is 10.1 Å². The maximum atomic E-state index is 11.9. The lowest BCUT2D eigenvalue weighted by molar-refractivity contribution is -0.145. The number of para-hydroxylation sites is 1. The molecule has 0 radical (unpaired) electrons. The highest BCUT2D eigenvalue weighted by molar-refractivity contribution is 5.87. The van der Waals surface area contributed by atoms with E-state index in [9.17, 15) is 14.7 Å². The number of benzene rings is 1. The number of ether oxygens (including phenoxy) is 1. The predicted octanol–water partition coefficient (Wildman–Crippen LogP) is -0.0597. The summed E-state index contributed by atoms with van der Waals surface area (Å²) in [6.07, 6.45) is -1.53. The number of hydrogen-bond donors (Lipinski definition) is 3. The minimum Gasteiger partial charge on any atom is -0.480 e. The van der Waals surface area contributed by atoms with Crippen molar-refractivity contribution in [2.24, 2.45) is 0 Å². The number of carboxylic acids is 1. The van der Waals surface area contributed by atoms with E-state index in [2.05, 4.69) is 5.32 Å². The zero-order valence-electron chi connectivity index (χ0n) is 10.4. The molecule has 2 rings (SSSR count). The number of aliphatic hydroxyl groups is 1. The molecule has 3 N–H and O–H groups in total. The van der Waals surface area contributed by atoms with E-state index in [-0.39, 0.29) is 0 Å². The molecule has 102 valence electrons. The summed E-state index contributed by atoms with van der Waals surface area (Å²) in [4.78, 5) is 22.8. The standard InChI is InChI=1S/C13H15NO5/c1-7(15)11(13(17)18)14-12(16)10-6-8-4-2-3-5-9(8)19-10/h2-5,7,10-11,15H,6H2,1H3,(H,14,16)(H,17,18). The third kappa shape index (κ3) is 2.85. The molecule has 0 saturated carbocycles. The van der Waals surface area contributed by atoms with Crippen molar-refractivity contribution in [3.63, 3.8) is 0 Å². The summed E-state index contributed by atoms with van der Waals surface area (Å²) in [5.41, 5.74) is 0.909. The maximum absolute atomic E-state index is 11.9. The molecule has 0 aliphatic carbocycles. The molecule has 1 aromatic carbocycles. The molecule has 3 unspecified atom stereocenters. The van der Waals surface area contributed by atoms with Crippen LogP contribution in [0.1, 0.15) is 12.5 Å². The number of fused-ring (bicyclic) bond motifs is 1. The van der Waals surface area contributed by atoms with Gasteiger partial charge in [0.05, 0.1) is 6.10 Å². The zero-order valence-corrected chi connectivity index (χ0v) is 10.4. The quantitative estimate of drug-likeness (QED) is 0.709. The van der Waals surface area contributed by atoms with Crippen LogP contribution in [0.2, 0.25) is 0 Å². The van der Waals surface area contributed by atoms with E-state index in [0.29, 0.717) is 12.2 Å². The Balaban J connectivity index is 2.01. The summed E-state index contributed by atoms with van der Waals surface area (Å²) in [6, 6.07) is 5.92. The second-order valence-corrected chi connectivity index (χ2v) is 4.48. The van der Waals surface area contributed by atoms with Gasteiger partial charge < -0.3 is 20.3 Å². The Bertz CT molecular complexity index is 475. The number of carbonyl (C=O) groups excluding carboxylic acids is 1. The average molecular weight is 265 g/mol. The molecule has 19 heavy (non-hydrogen) atoms. The van der Waals surface area contributed by atoms with Gasteiger partial charge in [0.15, 0.2) is 12.1 Å². The highest BCUT2D eigenvalue weighted by atomic mass is 16.5. The van der Waals surface area contributed by atoms with Gasteiger partial charge in [0.2, 0.25) is 0 Å². The van der Waals surface area contributed by atoms with Crippen molar-refractivity contribution < 1.29 is 24.5 Å². The van der Waals surface area contributed by atoms with Gasteiger partial charge in [0.1, 0.15) is 5.75 Å². The Kier molecular flexibility index (Phi) is 3.71. The molecule has 0 aromatic heterocycles. The lowest BCUT2D eigenvalue weighted by Crippen LogP contribution is -2.51. The van der Waals surface area contributed by atoms with Gasteiger partial charge in [0, 0.05) is 6.42 Å². The van der Waals surface area contributed by atoms with E-state index in [0.717, 1.165) is 5.56 Å². The lowest BCUT2D eigenvalue weighted by Gasteiger charge is -2.19. The maximum Gasteiger partial charge on any atom is 0.328 e. The zero-order chi connectivity index (χ0) is 14.0. The molecule has 0 spiro atoms. The molecule has 3 atom stereocenters. The van der Waals surface area contributed by atoms with Gasteiger partial charge in [-0.2, -0.15) is 0 Å². The second-order valence-electron chi connectivity index (χ2n) is 4.48. The van der Waals surface area contributed by atoms with E-state index in [1.165, 1.54) is 6.92 Å². The summed E-state index contributed by atoms with van der Waals surface area (Å²) >= 11 is 0. The highest BCUT2D eigenvalue weighted by Gasteiger charge is 2.33. The Morgan fingerprint density at radius 2 is 2.11 bits per heavy atom. The average Bonchev–Trinajstić information content (AvgIpc) is 2.78. The SMILES string of the molecule is CC(O)C(NC(=O)C1Cc2ccccc2O1)C(=O)O. The van der Waals surface area contributed by atoms with Gasteiger partial charge in [-0.15, -0.1) is 0 Å². The van der Waals surface area contributed by atoms with Gasteiger partial charge in [-0.25, -0.2) is 4.79 Å². The van der Waals surface area contributed by atoms with Crippen LogP contribution in [0, 0.1) is 0 Å². The fraction of sp³-hybridized carbons (Fsp3) is 0.385. The van der Waals surface area contributed by atoms with Crippen molar-refractivity contribution >= 4 is 11.9 Å². The Morgan fingerprint density at radius 1 is 1.42 bits per heavy atom. The molecule has 1 aromatic rings. The van der Waals surface area contributed by atoms with Crippen molar-refractivity contribution in [3.05, 3.63) is 29.8 Å². The molecular weight excluding hydrogens is 250 g/mol. The van der Waals surface area contributed by atoms with E-state index < -0.39 is 30.1 Å². The summed E-state index contributed by atoms with van der Waals surface area (Å²) in [6.45, 7) is 1.31. The summed E-state index contributed by atoms with van der Waals surface area (Å²) in [7, 11) is 0. The van der Waals surface area contributed by atoms with Crippen molar-refractivity contribution in [1.82, 2.24) is 5.32 Å². The molecule has 0 bridgehead atoms. The van der Waals surface area contributed by atoms with Gasteiger partial charge in [-0.1, -0.05) is 18.2 Å². The van der Waals surface area contributed by atoms with E-state index in [4.69, 9.17) is 9.84 Å². The fourth-order valence-corrected chi connectivity index (χ4v) is 1.96. The van der Waals surface area contributed by atoms with Crippen molar-refractivity contribution in [2.75, 3.05) is 0 Å². The van der Waals surface area contributed by atoms with Crippen LogP contribution in [0.15, 0.2) is 24.3 Å². The minimum atomic E-state index is -1.33. The van der Waals surface area contributed by atoms with Crippen LogP contribution in [0.25, 0.3) is 0 Å².